The van der Waals surface area contributed by atoms with Crippen LogP contribution in [0.15, 0.2) is 42.7 Å². The van der Waals surface area contributed by atoms with Crippen LogP contribution < -0.4 is 16.0 Å². The van der Waals surface area contributed by atoms with Gasteiger partial charge in [0.15, 0.2) is 0 Å². The average Bonchev–Trinajstić information content (AvgIpc) is 2.57. The maximum atomic E-state index is 5.86. The second-order valence-electron chi connectivity index (χ2n) is 6.29. The van der Waals surface area contributed by atoms with Crippen molar-refractivity contribution in [3.05, 3.63) is 48.4 Å². The molecule has 3 N–H and O–H groups in total. The topological polar surface area (TPSA) is 67.1 Å². The summed E-state index contributed by atoms with van der Waals surface area (Å²) in [7, 11) is 2.12. The maximum absolute atomic E-state index is 5.86. The normalized spacial score (nSPS) is 19.9. The number of nitrogens with two attached hydrogens (primary N) is 1. The number of nitrogens with zero attached hydrogens (tertiary/aromatic N) is 3. The fourth-order valence-electron chi connectivity index (χ4n) is 2.94. The van der Waals surface area contributed by atoms with E-state index in [4.69, 9.17) is 5.73 Å². The van der Waals surface area contributed by atoms with Crippen LogP contribution in [0.3, 0.4) is 0 Å². The summed E-state index contributed by atoms with van der Waals surface area (Å²) in [5, 5.41) is 3.40. The van der Waals surface area contributed by atoms with Crippen LogP contribution in [0.2, 0.25) is 0 Å². The number of rotatable bonds is 7. The van der Waals surface area contributed by atoms with Gasteiger partial charge in [-0.05, 0) is 31.4 Å². The van der Waals surface area contributed by atoms with Crippen LogP contribution in [0, 0.1) is 0 Å². The van der Waals surface area contributed by atoms with Gasteiger partial charge in [0.05, 0.1) is 0 Å². The molecule has 1 saturated carbocycles. The third-order valence-corrected chi connectivity index (χ3v) is 4.45. The largest absolute Gasteiger partial charge is 0.375 e. The second kappa shape index (κ2) is 7.42. The van der Waals surface area contributed by atoms with Crippen molar-refractivity contribution < 1.29 is 0 Å². The molecule has 0 aliphatic heterocycles. The Balaban J connectivity index is 1.43. The van der Waals surface area contributed by atoms with Crippen molar-refractivity contribution in [2.24, 2.45) is 5.73 Å². The van der Waals surface area contributed by atoms with E-state index in [2.05, 4.69) is 57.6 Å². The zero-order valence-electron chi connectivity index (χ0n) is 13.7. The van der Waals surface area contributed by atoms with Gasteiger partial charge in [-0.25, -0.2) is 9.97 Å². The van der Waals surface area contributed by atoms with E-state index in [1.54, 1.807) is 6.33 Å². The van der Waals surface area contributed by atoms with Crippen LogP contribution in [0.1, 0.15) is 30.9 Å². The highest BCUT2D eigenvalue weighted by Crippen LogP contribution is 2.34. The smallest absolute Gasteiger partial charge is 0.129 e. The predicted octanol–water partition coefficient (Wildman–Crippen LogP) is 2.62. The molecule has 1 aromatic heterocycles. The van der Waals surface area contributed by atoms with E-state index in [1.165, 1.54) is 5.69 Å². The van der Waals surface area contributed by atoms with Gasteiger partial charge in [0, 0.05) is 49.5 Å². The van der Waals surface area contributed by atoms with Gasteiger partial charge >= 0.3 is 0 Å². The van der Waals surface area contributed by atoms with Gasteiger partial charge in [-0.3, -0.25) is 0 Å². The molecule has 1 aliphatic carbocycles. The van der Waals surface area contributed by atoms with Gasteiger partial charge in [-0.2, -0.15) is 0 Å². The molecule has 3 rings (SSSR count). The zero-order chi connectivity index (χ0) is 16.1. The number of anilines is 2. The van der Waals surface area contributed by atoms with Crippen molar-refractivity contribution in [1.82, 2.24) is 9.97 Å². The minimum atomic E-state index is 0.347. The summed E-state index contributed by atoms with van der Waals surface area (Å²) in [6, 6.07) is 12.9. The van der Waals surface area contributed by atoms with Crippen molar-refractivity contribution in [3.63, 3.8) is 0 Å². The lowest BCUT2D eigenvalue weighted by Crippen LogP contribution is -2.35. The molecule has 1 aliphatic rings. The minimum absolute atomic E-state index is 0.347. The number of para-hydroxylation sites is 1. The maximum Gasteiger partial charge on any atom is 0.129 e. The number of benzene rings is 1. The number of aromatic nitrogens is 2. The first-order valence-corrected chi connectivity index (χ1v) is 8.30. The first kappa shape index (κ1) is 15.7. The van der Waals surface area contributed by atoms with E-state index in [9.17, 15) is 0 Å². The molecule has 2 aromatic rings. The molecule has 5 nitrogen and oxygen atoms in total. The summed E-state index contributed by atoms with van der Waals surface area (Å²) < 4.78 is 0. The third kappa shape index (κ3) is 4.20. The number of hydrogen-bond acceptors (Lipinski definition) is 5. The summed E-state index contributed by atoms with van der Waals surface area (Å²) >= 11 is 0. The number of nitrogens with one attached hydrogen (secondary N) is 1. The molecule has 0 bridgehead atoms. The molecule has 23 heavy (non-hydrogen) atoms. The van der Waals surface area contributed by atoms with Crippen LogP contribution in [0.5, 0.6) is 0 Å². The summed E-state index contributed by atoms with van der Waals surface area (Å²) in [5.74, 6) is 1.43. The van der Waals surface area contributed by atoms with Crippen LogP contribution in [-0.2, 0) is 0 Å². The van der Waals surface area contributed by atoms with Gasteiger partial charge in [0.25, 0.3) is 0 Å². The molecule has 0 saturated heterocycles. The Morgan fingerprint density at radius 3 is 2.74 bits per heavy atom. The predicted molar refractivity (Wildman–Crippen MR) is 94.8 cm³/mol. The van der Waals surface area contributed by atoms with Gasteiger partial charge in [-0.1, -0.05) is 18.2 Å². The zero-order valence-corrected chi connectivity index (χ0v) is 13.7. The van der Waals surface area contributed by atoms with Crippen molar-refractivity contribution >= 4 is 11.5 Å². The van der Waals surface area contributed by atoms with E-state index < -0.39 is 0 Å². The van der Waals surface area contributed by atoms with Crippen molar-refractivity contribution in [2.75, 3.05) is 30.4 Å². The first-order valence-electron chi connectivity index (χ1n) is 8.30. The van der Waals surface area contributed by atoms with E-state index in [0.717, 1.165) is 43.9 Å². The van der Waals surface area contributed by atoms with Crippen molar-refractivity contribution in [3.8, 4) is 0 Å². The van der Waals surface area contributed by atoms with Crippen LogP contribution in [0.25, 0.3) is 0 Å². The Morgan fingerprint density at radius 2 is 2.00 bits per heavy atom. The van der Waals surface area contributed by atoms with Gasteiger partial charge in [0.2, 0.25) is 0 Å². The molecule has 0 spiro atoms. The highest BCUT2D eigenvalue weighted by atomic mass is 15.1. The fraction of sp³-hybridized carbons (Fsp3) is 0.444. The van der Waals surface area contributed by atoms with E-state index in [1.807, 2.05) is 6.07 Å². The molecule has 122 valence electrons. The summed E-state index contributed by atoms with van der Waals surface area (Å²) in [5.41, 5.74) is 8.22. The molecular weight excluding hydrogens is 286 g/mol. The number of hydrogen-bond donors (Lipinski definition) is 2. The third-order valence-electron chi connectivity index (χ3n) is 4.45. The summed E-state index contributed by atoms with van der Waals surface area (Å²) in [4.78, 5) is 11.0. The van der Waals surface area contributed by atoms with Gasteiger partial charge in [0.1, 0.15) is 12.1 Å². The quantitative estimate of drug-likeness (QED) is 0.769. The Bertz CT molecular complexity index is 610. The molecule has 1 fully saturated rings. The van der Waals surface area contributed by atoms with E-state index in [0.29, 0.717) is 12.0 Å². The lowest BCUT2D eigenvalue weighted by molar-refractivity contribution is 0.345. The molecule has 5 heteroatoms. The van der Waals surface area contributed by atoms with Crippen LogP contribution in [0.4, 0.5) is 11.5 Å². The molecular formula is C18H25N5. The van der Waals surface area contributed by atoms with E-state index in [-0.39, 0.29) is 0 Å². The van der Waals surface area contributed by atoms with E-state index >= 15 is 0 Å². The van der Waals surface area contributed by atoms with Crippen molar-refractivity contribution in [2.45, 2.75) is 31.2 Å². The average molecular weight is 311 g/mol. The Labute approximate surface area is 137 Å². The van der Waals surface area contributed by atoms with Gasteiger partial charge in [-0.15, -0.1) is 0 Å². The van der Waals surface area contributed by atoms with Gasteiger partial charge < -0.3 is 16.0 Å². The molecule has 0 radical (unpaired) electrons. The molecule has 1 aromatic carbocycles. The lowest BCUT2D eigenvalue weighted by atomic mass is 9.79. The van der Waals surface area contributed by atoms with Crippen LogP contribution >= 0.6 is 0 Å². The Morgan fingerprint density at radius 1 is 1.22 bits per heavy atom. The minimum Gasteiger partial charge on any atom is -0.375 e. The Hall–Kier alpha value is -2.14. The summed E-state index contributed by atoms with van der Waals surface area (Å²) in [6.07, 6.45) is 4.79. The fourth-order valence-corrected chi connectivity index (χ4v) is 2.94. The standard InChI is InChI=1S/C18H25N5/c1-23(16-6-3-2-4-7-16)9-5-8-20-18-12-17(21-13-22-18)14-10-15(19)11-14/h2-4,6-7,12-15H,5,8-11,19H2,1H3,(H,20,21,22). The SMILES string of the molecule is CN(CCCNc1cc(C2CC(N)C2)ncn1)c1ccccc1. The second-order valence-corrected chi connectivity index (χ2v) is 6.29. The molecule has 1 heterocycles. The van der Waals surface area contributed by atoms with Crippen molar-refractivity contribution in [1.29, 1.82) is 0 Å². The highest BCUT2D eigenvalue weighted by Gasteiger charge is 2.28. The monoisotopic (exact) mass is 311 g/mol. The molecule has 0 unspecified atom stereocenters. The highest BCUT2D eigenvalue weighted by molar-refractivity contribution is 5.45. The molecule has 0 atom stereocenters. The molecule has 0 amide bonds. The summed E-state index contributed by atoms with van der Waals surface area (Å²) in [6.45, 7) is 1.91. The lowest BCUT2D eigenvalue weighted by Gasteiger charge is -2.31. The first-order chi connectivity index (χ1) is 11.2. The van der Waals surface area contributed by atoms with Crippen LogP contribution in [-0.4, -0.2) is 36.1 Å². The Kier molecular flexibility index (Phi) is 5.08.